The highest BCUT2D eigenvalue weighted by Gasteiger charge is 2.35. The zero-order valence-corrected chi connectivity index (χ0v) is 15.5. The molecule has 1 saturated carbocycles. The summed E-state index contributed by atoms with van der Waals surface area (Å²) in [5.74, 6) is 1.10. The first-order chi connectivity index (χ1) is 13.7. The maximum absolute atomic E-state index is 13.7. The van der Waals surface area contributed by atoms with E-state index in [1.165, 1.54) is 12.1 Å². The first-order valence-corrected chi connectivity index (χ1v) is 9.76. The number of hydrogen-bond acceptors (Lipinski definition) is 4. The van der Waals surface area contributed by atoms with Crippen LogP contribution in [-0.2, 0) is 4.79 Å². The van der Waals surface area contributed by atoms with E-state index in [4.69, 9.17) is 0 Å². The SMILES string of the molecule is O=C(C1CC1)N1CCN(c2nnc(-c3cccc(F)c3)c3ccccc23)CC1. The maximum atomic E-state index is 13.7. The first-order valence-electron chi connectivity index (χ1n) is 9.76. The Kier molecular flexibility index (Phi) is 4.19. The Morgan fingerprint density at radius 2 is 1.68 bits per heavy atom. The lowest BCUT2D eigenvalue weighted by Gasteiger charge is -2.35. The summed E-state index contributed by atoms with van der Waals surface area (Å²) in [6.07, 6.45) is 2.08. The van der Waals surface area contributed by atoms with Gasteiger partial charge in [-0.15, -0.1) is 10.2 Å². The molecule has 1 amide bonds. The van der Waals surface area contributed by atoms with Crippen LogP contribution in [-0.4, -0.2) is 47.2 Å². The van der Waals surface area contributed by atoms with Crippen molar-refractivity contribution in [2.45, 2.75) is 12.8 Å². The normalized spacial score (nSPS) is 17.2. The van der Waals surface area contributed by atoms with Crippen molar-refractivity contribution in [3.05, 3.63) is 54.3 Å². The zero-order valence-electron chi connectivity index (χ0n) is 15.5. The second-order valence-electron chi connectivity index (χ2n) is 7.51. The van der Waals surface area contributed by atoms with E-state index < -0.39 is 0 Å². The number of carbonyl (C=O) groups excluding carboxylic acids is 1. The van der Waals surface area contributed by atoms with Crippen LogP contribution in [0.5, 0.6) is 0 Å². The highest BCUT2D eigenvalue weighted by Crippen LogP contribution is 2.33. The molecule has 1 aromatic heterocycles. The molecule has 2 aromatic carbocycles. The fraction of sp³-hybridized carbons (Fsp3) is 0.318. The molecule has 0 unspecified atom stereocenters. The van der Waals surface area contributed by atoms with E-state index >= 15 is 0 Å². The Morgan fingerprint density at radius 3 is 2.39 bits per heavy atom. The van der Waals surface area contributed by atoms with Crippen LogP contribution in [0.15, 0.2) is 48.5 Å². The lowest BCUT2D eigenvalue weighted by molar-refractivity contribution is -0.132. The predicted octanol–water partition coefficient (Wildman–Crippen LogP) is 3.49. The molecule has 1 aliphatic carbocycles. The number of nitrogens with zero attached hydrogens (tertiary/aromatic N) is 4. The number of piperazine rings is 1. The summed E-state index contributed by atoms with van der Waals surface area (Å²) >= 11 is 0. The molecule has 142 valence electrons. The highest BCUT2D eigenvalue weighted by molar-refractivity contribution is 6.00. The first kappa shape index (κ1) is 17.1. The average molecular weight is 376 g/mol. The summed E-state index contributed by atoms with van der Waals surface area (Å²) in [5, 5.41) is 10.9. The fourth-order valence-electron chi connectivity index (χ4n) is 3.90. The number of amides is 1. The van der Waals surface area contributed by atoms with Gasteiger partial charge >= 0.3 is 0 Å². The van der Waals surface area contributed by atoms with Gasteiger partial charge in [0.05, 0.1) is 0 Å². The van der Waals surface area contributed by atoms with Gasteiger partial charge in [0.25, 0.3) is 0 Å². The smallest absolute Gasteiger partial charge is 0.225 e. The lowest BCUT2D eigenvalue weighted by Crippen LogP contribution is -2.49. The van der Waals surface area contributed by atoms with Crippen molar-refractivity contribution >= 4 is 22.5 Å². The minimum atomic E-state index is -0.288. The summed E-state index contributed by atoms with van der Waals surface area (Å²) in [5.41, 5.74) is 1.40. The van der Waals surface area contributed by atoms with Gasteiger partial charge in [-0.2, -0.15) is 0 Å². The minimum absolute atomic E-state index is 0.262. The van der Waals surface area contributed by atoms with E-state index in [0.29, 0.717) is 11.6 Å². The molecule has 0 atom stereocenters. The van der Waals surface area contributed by atoms with E-state index in [1.54, 1.807) is 6.07 Å². The van der Waals surface area contributed by atoms with Gasteiger partial charge in [0, 0.05) is 48.4 Å². The van der Waals surface area contributed by atoms with Gasteiger partial charge in [-0.05, 0) is 25.0 Å². The predicted molar refractivity (Wildman–Crippen MR) is 106 cm³/mol. The number of benzene rings is 2. The third kappa shape index (κ3) is 3.09. The topological polar surface area (TPSA) is 49.3 Å². The second-order valence-corrected chi connectivity index (χ2v) is 7.51. The molecular weight excluding hydrogens is 355 g/mol. The molecule has 28 heavy (non-hydrogen) atoms. The number of rotatable bonds is 3. The largest absolute Gasteiger partial charge is 0.351 e. The van der Waals surface area contributed by atoms with Gasteiger partial charge < -0.3 is 9.80 Å². The average Bonchev–Trinajstić information content (AvgIpc) is 3.58. The van der Waals surface area contributed by atoms with Crippen LogP contribution in [0.2, 0.25) is 0 Å². The monoisotopic (exact) mass is 376 g/mol. The van der Waals surface area contributed by atoms with Crippen LogP contribution in [0.4, 0.5) is 10.2 Å². The molecule has 2 fully saturated rings. The molecule has 0 spiro atoms. The third-order valence-corrected chi connectivity index (χ3v) is 5.58. The number of hydrogen-bond donors (Lipinski definition) is 0. The molecule has 2 aliphatic rings. The molecule has 5 rings (SSSR count). The van der Waals surface area contributed by atoms with Gasteiger partial charge in [0.15, 0.2) is 5.82 Å². The number of halogens is 1. The summed E-state index contributed by atoms with van der Waals surface area (Å²) in [6.45, 7) is 2.93. The van der Waals surface area contributed by atoms with Crippen molar-refractivity contribution in [2.24, 2.45) is 5.92 Å². The van der Waals surface area contributed by atoms with Crippen LogP contribution in [0.25, 0.3) is 22.0 Å². The van der Waals surface area contributed by atoms with Crippen LogP contribution in [0.1, 0.15) is 12.8 Å². The van der Waals surface area contributed by atoms with Gasteiger partial charge in [-0.1, -0.05) is 36.4 Å². The summed E-state index contributed by atoms with van der Waals surface area (Å²) < 4.78 is 13.7. The number of aromatic nitrogens is 2. The van der Waals surface area contributed by atoms with Crippen LogP contribution >= 0.6 is 0 Å². The minimum Gasteiger partial charge on any atom is -0.351 e. The van der Waals surface area contributed by atoms with Crippen molar-refractivity contribution in [3.63, 3.8) is 0 Å². The van der Waals surface area contributed by atoms with Gasteiger partial charge in [-0.3, -0.25) is 4.79 Å². The van der Waals surface area contributed by atoms with E-state index in [9.17, 15) is 9.18 Å². The van der Waals surface area contributed by atoms with Crippen molar-refractivity contribution in [1.29, 1.82) is 0 Å². The Labute approximate surface area is 162 Å². The lowest BCUT2D eigenvalue weighted by atomic mass is 10.0. The molecular formula is C22H21FN4O. The molecule has 3 aromatic rings. The molecule has 2 heterocycles. The van der Waals surface area contributed by atoms with Crippen LogP contribution in [0.3, 0.4) is 0 Å². The molecule has 0 bridgehead atoms. The maximum Gasteiger partial charge on any atom is 0.225 e. The van der Waals surface area contributed by atoms with Crippen molar-refractivity contribution in [2.75, 3.05) is 31.1 Å². The Hall–Kier alpha value is -3.02. The Bertz CT molecular complexity index is 1040. The van der Waals surface area contributed by atoms with Gasteiger partial charge in [0.1, 0.15) is 11.5 Å². The van der Waals surface area contributed by atoms with E-state index in [2.05, 4.69) is 15.1 Å². The van der Waals surface area contributed by atoms with Gasteiger partial charge in [-0.25, -0.2) is 4.39 Å². The quantitative estimate of drug-likeness (QED) is 0.702. The summed E-state index contributed by atoms with van der Waals surface area (Å²) in [6, 6.07) is 14.4. The Balaban J connectivity index is 1.46. The van der Waals surface area contributed by atoms with E-state index in [-0.39, 0.29) is 11.7 Å². The van der Waals surface area contributed by atoms with Crippen molar-refractivity contribution in [1.82, 2.24) is 15.1 Å². The van der Waals surface area contributed by atoms with Gasteiger partial charge in [0.2, 0.25) is 5.91 Å². The van der Waals surface area contributed by atoms with Crippen molar-refractivity contribution < 1.29 is 9.18 Å². The van der Waals surface area contributed by atoms with Crippen molar-refractivity contribution in [3.8, 4) is 11.3 Å². The third-order valence-electron chi connectivity index (χ3n) is 5.58. The number of fused-ring (bicyclic) bond motifs is 1. The molecule has 0 radical (unpaired) electrons. The second kappa shape index (κ2) is 6.86. The summed E-state index contributed by atoms with van der Waals surface area (Å²) in [4.78, 5) is 16.5. The van der Waals surface area contributed by atoms with E-state index in [1.807, 2.05) is 35.2 Å². The molecule has 1 aliphatic heterocycles. The van der Waals surface area contributed by atoms with Crippen LogP contribution in [0, 0.1) is 11.7 Å². The van der Waals surface area contributed by atoms with E-state index in [0.717, 1.165) is 61.2 Å². The number of carbonyl (C=O) groups is 1. The zero-order chi connectivity index (χ0) is 19.1. The molecule has 6 heteroatoms. The summed E-state index contributed by atoms with van der Waals surface area (Å²) in [7, 11) is 0. The fourth-order valence-corrected chi connectivity index (χ4v) is 3.90. The molecule has 1 saturated heterocycles. The molecule has 5 nitrogen and oxygen atoms in total. The number of anilines is 1. The highest BCUT2D eigenvalue weighted by atomic mass is 19.1. The molecule has 0 N–H and O–H groups in total. The van der Waals surface area contributed by atoms with Crippen LogP contribution < -0.4 is 4.90 Å². The Morgan fingerprint density at radius 1 is 0.929 bits per heavy atom. The standard InChI is InChI=1S/C22H21FN4O/c23-17-5-3-4-16(14-17)20-18-6-1-2-7-19(18)21(25-24-20)26-10-12-27(13-11-26)22(28)15-8-9-15/h1-7,14-15H,8-13H2.